The van der Waals surface area contributed by atoms with Crippen LogP contribution in [0.1, 0.15) is 22.3 Å². The van der Waals surface area contributed by atoms with Gasteiger partial charge in [-0.3, -0.25) is 0 Å². The minimum atomic E-state index is -0.480. The van der Waals surface area contributed by atoms with E-state index >= 15 is 0 Å². The largest absolute Gasteiger partial charge is 0.245 e. The third-order valence-electron chi connectivity index (χ3n) is 10.9. The molecule has 0 fully saturated rings. The normalized spacial score (nSPS) is 13.3. The molecule has 0 amide bonds. The average Bonchev–Trinajstić information content (AvgIpc) is 4.02. The zero-order valence-corrected chi connectivity index (χ0v) is 29.0. The summed E-state index contributed by atoms with van der Waals surface area (Å²) in [5.74, 6) is 0. The van der Waals surface area contributed by atoms with Crippen molar-refractivity contribution in [2.45, 2.75) is 5.41 Å². The van der Waals surface area contributed by atoms with Crippen molar-refractivity contribution in [3.05, 3.63) is 190 Å². The Morgan fingerprint density at radius 1 is 0.373 bits per heavy atom. The van der Waals surface area contributed by atoms with E-state index in [1.165, 1.54) is 77.5 Å². The van der Waals surface area contributed by atoms with Gasteiger partial charge in [0.2, 0.25) is 0 Å². The second-order valence-electron chi connectivity index (χ2n) is 13.4. The predicted molar refractivity (Wildman–Crippen MR) is 213 cm³/mol. The van der Waals surface area contributed by atoms with Gasteiger partial charge < -0.3 is 0 Å². The van der Waals surface area contributed by atoms with Gasteiger partial charge in [0.15, 0.2) is 0 Å². The molecule has 2 aromatic heterocycles. The van der Waals surface area contributed by atoms with Crippen LogP contribution in [-0.4, -0.2) is 9.97 Å². The third-order valence-corrected chi connectivity index (χ3v) is 12.1. The molecule has 0 atom stereocenters. The number of aromatic nitrogens is 2. The van der Waals surface area contributed by atoms with Crippen LogP contribution in [0.2, 0.25) is 0 Å². The Balaban J connectivity index is 1.23. The highest BCUT2D eigenvalue weighted by atomic mass is 32.1. The van der Waals surface area contributed by atoms with E-state index in [9.17, 15) is 0 Å². The van der Waals surface area contributed by atoms with E-state index in [0.717, 1.165) is 22.5 Å². The van der Waals surface area contributed by atoms with Crippen molar-refractivity contribution in [2.75, 3.05) is 0 Å². The monoisotopic (exact) mass is 684 g/mol. The molecule has 2 aliphatic carbocycles. The van der Waals surface area contributed by atoms with Crippen molar-refractivity contribution in [1.82, 2.24) is 9.97 Å². The molecule has 0 radical (unpaired) electrons. The van der Waals surface area contributed by atoms with Crippen LogP contribution in [0.4, 0.5) is 0 Å². The number of thiazole rings is 2. The quantitative estimate of drug-likeness (QED) is 0.184. The lowest BCUT2D eigenvalue weighted by atomic mass is 9.69. The van der Waals surface area contributed by atoms with E-state index in [4.69, 9.17) is 0 Å². The Kier molecular flexibility index (Phi) is 6.24. The summed E-state index contributed by atoms with van der Waals surface area (Å²) < 4.78 is 0. The fourth-order valence-electron chi connectivity index (χ4n) is 8.83. The first-order valence-corrected chi connectivity index (χ1v) is 19.1. The highest BCUT2D eigenvalue weighted by Gasteiger charge is 2.52. The highest BCUT2D eigenvalue weighted by Crippen LogP contribution is 2.64. The number of benzene rings is 7. The summed E-state index contributed by atoms with van der Waals surface area (Å²) in [5, 5.41) is 6.79. The van der Waals surface area contributed by atoms with Crippen LogP contribution in [0.5, 0.6) is 0 Å². The van der Waals surface area contributed by atoms with E-state index in [1.54, 1.807) is 22.7 Å². The summed E-state index contributed by atoms with van der Waals surface area (Å²) >= 11 is 3.26. The maximum atomic E-state index is 4.65. The molecule has 2 nitrogen and oxygen atoms in total. The number of rotatable bonds is 4. The first kappa shape index (κ1) is 28.9. The second-order valence-corrected chi connectivity index (χ2v) is 14.8. The van der Waals surface area contributed by atoms with Crippen LogP contribution in [0, 0.1) is 0 Å². The van der Waals surface area contributed by atoms with Crippen molar-refractivity contribution < 1.29 is 0 Å². The van der Waals surface area contributed by atoms with Crippen molar-refractivity contribution in [3.63, 3.8) is 0 Å². The van der Waals surface area contributed by atoms with Gasteiger partial charge in [-0.2, -0.15) is 0 Å². The maximum absolute atomic E-state index is 4.65. The standard InChI is InChI=1S/C47H28N2S2/c1-2-16-37-34(13-1)39(31-10-8-12-33(22-31)45-26-51-28-49-45)24-43-46(37)38-20-19-30(29-9-7-11-32(21-29)44-25-50-27-48-44)23-42(38)47(43)40-17-5-3-14-35(40)36-15-4-6-18-41(36)47/h1-28H. The summed E-state index contributed by atoms with van der Waals surface area (Å²) in [6.07, 6.45) is 0. The van der Waals surface area contributed by atoms with E-state index < -0.39 is 5.41 Å². The van der Waals surface area contributed by atoms with Gasteiger partial charge in [0.1, 0.15) is 0 Å². The molecule has 2 aliphatic rings. The summed E-state index contributed by atoms with van der Waals surface area (Å²) in [6.45, 7) is 0. The Bertz CT molecular complexity index is 2770. The molecule has 4 heteroatoms. The van der Waals surface area contributed by atoms with Gasteiger partial charge in [0.25, 0.3) is 0 Å². The lowest BCUT2D eigenvalue weighted by Gasteiger charge is -2.31. The van der Waals surface area contributed by atoms with Gasteiger partial charge in [-0.05, 0) is 102 Å². The van der Waals surface area contributed by atoms with Crippen LogP contribution in [0.15, 0.2) is 167 Å². The SMILES string of the molecule is c1cc(-c2ccc3c(c2)C2(c4ccccc4-c4ccccc42)c2cc(-c4cccc(-c5cscn5)c4)c4ccccc4c2-3)cc(-c2cscn2)c1. The molecule has 11 rings (SSSR count). The Hall–Kier alpha value is -5.94. The average molecular weight is 685 g/mol. The third kappa shape index (κ3) is 4.09. The van der Waals surface area contributed by atoms with E-state index in [1.807, 2.05) is 11.0 Å². The van der Waals surface area contributed by atoms with Crippen molar-refractivity contribution in [2.24, 2.45) is 0 Å². The molecule has 51 heavy (non-hydrogen) atoms. The summed E-state index contributed by atoms with van der Waals surface area (Å²) in [6, 6.07) is 54.5. The molecular weight excluding hydrogens is 657 g/mol. The van der Waals surface area contributed by atoms with E-state index in [2.05, 4.69) is 166 Å². The van der Waals surface area contributed by atoms with Crippen LogP contribution in [0.3, 0.4) is 0 Å². The summed E-state index contributed by atoms with van der Waals surface area (Å²) in [7, 11) is 0. The Morgan fingerprint density at radius 3 is 1.61 bits per heavy atom. The minimum absolute atomic E-state index is 0.480. The first-order valence-electron chi connectivity index (χ1n) is 17.2. The summed E-state index contributed by atoms with van der Waals surface area (Å²) in [5.41, 5.74) is 23.1. The number of hydrogen-bond donors (Lipinski definition) is 0. The molecular formula is C47H28N2S2. The molecule has 2 heterocycles. The van der Waals surface area contributed by atoms with Crippen molar-refractivity contribution in [3.8, 4) is 67.0 Å². The zero-order valence-electron chi connectivity index (χ0n) is 27.4. The molecule has 0 saturated carbocycles. The van der Waals surface area contributed by atoms with Crippen LogP contribution < -0.4 is 0 Å². The molecule has 0 bridgehead atoms. The van der Waals surface area contributed by atoms with E-state index in [0.29, 0.717) is 0 Å². The van der Waals surface area contributed by atoms with Gasteiger partial charge in [0, 0.05) is 21.9 Å². The number of hydrogen-bond acceptors (Lipinski definition) is 4. The Labute approximate surface area is 304 Å². The van der Waals surface area contributed by atoms with Crippen LogP contribution >= 0.6 is 22.7 Å². The minimum Gasteiger partial charge on any atom is -0.245 e. The molecule has 238 valence electrons. The number of nitrogens with zero attached hydrogens (tertiary/aromatic N) is 2. The molecule has 1 spiro atoms. The van der Waals surface area contributed by atoms with Crippen LogP contribution in [-0.2, 0) is 5.41 Å². The number of fused-ring (bicyclic) bond motifs is 12. The predicted octanol–water partition coefficient (Wildman–Crippen LogP) is 12.8. The smallest absolute Gasteiger partial charge is 0.0811 e. The highest BCUT2D eigenvalue weighted by molar-refractivity contribution is 7.08. The van der Waals surface area contributed by atoms with Gasteiger partial charge in [-0.15, -0.1) is 22.7 Å². The summed E-state index contributed by atoms with van der Waals surface area (Å²) in [4.78, 5) is 9.26. The topological polar surface area (TPSA) is 25.8 Å². The molecule has 0 unspecified atom stereocenters. The molecule has 7 aromatic carbocycles. The zero-order chi connectivity index (χ0) is 33.5. The first-order chi connectivity index (χ1) is 25.3. The molecule has 0 saturated heterocycles. The second kappa shape index (κ2) is 11.0. The van der Waals surface area contributed by atoms with Crippen LogP contribution in [0.25, 0.3) is 77.8 Å². The van der Waals surface area contributed by atoms with Crippen molar-refractivity contribution >= 4 is 33.4 Å². The van der Waals surface area contributed by atoms with E-state index in [-0.39, 0.29) is 0 Å². The Morgan fingerprint density at radius 2 is 0.941 bits per heavy atom. The molecule has 0 N–H and O–H groups in total. The van der Waals surface area contributed by atoms with Gasteiger partial charge in [0.05, 0.1) is 27.8 Å². The molecule has 9 aromatic rings. The van der Waals surface area contributed by atoms with Gasteiger partial charge >= 0.3 is 0 Å². The maximum Gasteiger partial charge on any atom is 0.0811 e. The molecule has 0 aliphatic heterocycles. The van der Waals surface area contributed by atoms with Gasteiger partial charge in [-0.25, -0.2) is 9.97 Å². The lowest BCUT2D eigenvalue weighted by molar-refractivity contribution is 0.795. The lowest BCUT2D eigenvalue weighted by Crippen LogP contribution is -2.26. The fourth-order valence-corrected chi connectivity index (χ4v) is 9.95. The van der Waals surface area contributed by atoms with Crippen molar-refractivity contribution in [1.29, 1.82) is 0 Å². The van der Waals surface area contributed by atoms with Gasteiger partial charge in [-0.1, -0.05) is 121 Å². The fraction of sp³-hybridized carbons (Fsp3) is 0.0213.